The first kappa shape index (κ1) is 33.0. The second-order valence-corrected chi connectivity index (χ2v) is 9.67. The number of hydrazone groups is 1. The van der Waals surface area contributed by atoms with Gasteiger partial charge in [0.25, 0.3) is 0 Å². The molecule has 0 radical (unpaired) electrons. The number of nitrogens with one attached hydrogen (secondary N) is 3. The standard InChI is InChI=1S/C28H33BrN4O10/c1-6-41-20-11-17(25-24(27(36)40-5)15(2)31-28(37)32-25)7-8-19(20)42-13-22(34)33-30-12-16-9-18(29)26(21(10-16)38-3)43-14-23(35)39-4/h7-12,22,25,33-34H,6,13-14H2,1-5H3,(H2,31,32,37)/b30-12-/t22-,25-/m1/s1. The second-order valence-electron chi connectivity index (χ2n) is 8.81. The molecule has 0 saturated heterocycles. The first-order chi connectivity index (χ1) is 20.6. The molecule has 4 N–H and O–H groups in total. The number of carbonyl (C=O) groups excluding carboxylic acids is 3. The zero-order valence-electron chi connectivity index (χ0n) is 24.2. The molecule has 1 aliphatic rings. The highest BCUT2D eigenvalue weighted by Crippen LogP contribution is 2.37. The summed E-state index contributed by atoms with van der Waals surface area (Å²) in [5.41, 5.74) is 4.37. The van der Waals surface area contributed by atoms with Crippen LogP contribution in [0, 0.1) is 0 Å². The van der Waals surface area contributed by atoms with Gasteiger partial charge in [0.2, 0.25) is 0 Å². The first-order valence-electron chi connectivity index (χ1n) is 12.9. The van der Waals surface area contributed by atoms with Gasteiger partial charge >= 0.3 is 18.0 Å². The van der Waals surface area contributed by atoms with Gasteiger partial charge in [0.15, 0.2) is 35.8 Å². The van der Waals surface area contributed by atoms with E-state index in [9.17, 15) is 19.5 Å². The Morgan fingerprint density at radius 1 is 1.09 bits per heavy atom. The summed E-state index contributed by atoms with van der Waals surface area (Å²) < 4.78 is 32.3. The van der Waals surface area contributed by atoms with Crippen LogP contribution in [0.25, 0.3) is 0 Å². The van der Waals surface area contributed by atoms with Crippen LogP contribution in [0.3, 0.4) is 0 Å². The monoisotopic (exact) mass is 664 g/mol. The van der Waals surface area contributed by atoms with Crippen molar-refractivity contribution in [2.45, 2.75) is 26.1 Å². The Labute approximate surface area is 256 Å². The maximum atomic E-state index is 12.4. The largest absolute Gasteiger partial charge is 0.493 e. The molecule has 0 fully saturated rings. The van der Waals surface area contributed by atoms with Crippen molar-refractivity contribution in [2.24, 2.45) is 5.10 Å². The lowest BCUT2D eigenvalue weighted by Crippen LogP contribution is -2.45. The molecule has 0 spiro atoms. The number of methoxy groups -OCH3 is 3. The van der Waals surface area contributed by atoms with Crippen LogP contribution in [-0.4, -0.2) is 76.7 Å². The number of benzene rings is 2. The molecule has 1 heterocycles. The lowest BCUT2D eigenvalue weighted by atomic mass is 9.95. The van der Waals surface area contributed by atoms with E-state index in [1.807, 2.05) is 0 Å². The number of halogens is 1. The van der Waals surface area contributed by atoms with E-state index in [1.54, 1.807) is 44.2 Å². The molecule has 15 heteroatoms. The summed E-state index contributed by atoms with van der Waals surface area (Å²) in [5.74, 6) is 0.210. The summed E-state index contributed by atoms with van der Waals surface area (Å²) in [4.78, 5) is 36.0. The van der Waals surface area contributed by atoms with Crippen molar-refractivity contribution in [3.05, 3.63) is 57.2 Å². The molecule has 0 unspecified atom stereocenters. The van der Waals surface area contributed by atoms with Crippen molar-refractivity contribution >= 4 is 40.1 Å². The molecule has 3 rings (SSSR count). The molecule has 14 nitrogen and oxygen atoms in total. The Hall–Kier alpha value is -4.50. The third kappa shape index (κ3) is 8.75. The van der Waals surface area contributed by atoms with Crippen LogP contribution in [0.2, 0.25) is 0 Å². The molecule has 0 aromatic heterocycles. The van der Waals surface area contributed by atoms with E-state index in [-0.39, 0.29) is 18.8 Å². The Morgan fingerprint density at radius 2 is 1.86 bits per heavy atom. The lowest BCUT2D eigenvalue weighted by molar-refractivity contribution is -0.143. The molecule has 2 aromatic rings. The fraction of sp³-hybridized carbons (Fsp3) is 0.357. The Bertz CT molecular complexity index is 1400. The van der Waals surface area contributed by atoms with E-state index in [2.05, 4.69) is 41.8 Å². The predicted octanol–water partition coefficient (Wildman–Crippen LogP) is 2.53. The van der Waals surface area contributed by atoms with Crippen LogP contribution in [0.1, 0.15) is 31.0 Å². The number of urea groups is 1. The van der Waals surface area contributed by atoms with Crippen molar-refractivity contribution in [3.63, 3.8) is 0 Å². The minimum absolute atomic E-state index is 0.194. The Kier molecular flexibility index (Phi) is 12.0. The summed E-state index contributed by atoms with van der Waals surface area (Å²) in [7, 11) is 3.98. The number of rotatable bonds is 14. The van der Waals surface area contributed by atoms with Crippen LogP contribution in [0.4, 0.5) is 4.79 Å². The second kappa shape index (κ2) is 15.7. The van der Waals surface area contributed by atoms with Crippen LogP contribution >= 0.6 is 15.9 Å². The average Bonchev–Trinajstić information content (AvgIpc) is 2.98. The zero-order valence-corrected chi connectivity index (χ0v) is 25.8. The normalized spacial score (nSPS) is 15.2. The van der Waals surface area contributed by atoms with Gasteiger partial charge in [0, 0.05) is 5.70 Å². The number of aliphatic hydroxyl groups excluding tert-OH is 1. The number of aliphatic hydroxyl groups is 1. The zero-order chi connectivity index (χ0) is 31.5. The highest BCUT2D eigenvalue weighted by molar-refractivity contribution is 9.10. The van der Waals surface area contributed by atoms with E-state index in [1.165, 1.54) is 27.5 Å². The third-order valence-electron chi connectivity index (χ3n) is 5.92. The van der Waals surface area contributed by atoms with Gasteiger partial charge in [-0.15, -0.1) is 0 Å². The molecule has 2 aromatic carbocycles. The minimum Gasteiger partial charge on any atom is -0.493 e. The van der Waals surface area contributed by atoms with Crippen LogP contribution in [-0.2, 0) is 19.1 Å². The SMILES string of the molecule is CCOc1cc([C@H]2NC(=O)NC(C)=C2C(=O)OC)ccc1OC[C@@H](O)N/N=C\c1cc(Br)c(OCC(=O)OC)c(OC)c1. The highest BCUT2D eigenvalue weighted by atomic mass is 79.9. The summed E-state index contributed by atoms with van der Waals surface area (Å²) in [6, 6.07) is 7.02. The molecular formula is C28H33BrN4O10. The summed E-state index contributed by atoms with van der Waals surface area (Å²) >= 11 is 3.38. The van der Waals surface area contributed by atoms with E-state index < -0.39 is 30.2 Å². The fourth-order valence-corrected chi connectivity index (χ4v) is 4.54. The molecule has 232 valence electrons. The van der Waals surface area contributed by atoms with Gasteiger partial charge in [-0.25, -0.2) is 14.4 Å². The number of amides is 2. The molecular weight excluding hydrogens is 632 g/mol. The maximum Gasteiger partial charge on any atom is 0.343 e. The molecule has 0 bridgehead atoms. The summed E-state index contributed by atoms with van der Waals surface area (Å²) in [6.45, 7) is 3.24. The minimum atomic E-state index is -1.20. The van der Waals surface area contributed by atoms with Gasteiger partial charge in [-0.2, -0.15) is 5.10 Å². The lowest BCUT2D eigenvalue weighted by Gasteiger charge is -2.28. The van der Waals surface area contributed by atoms with Crippen LogP contribution < -0.4 is 35.0 Å². The van der Waals surface area contributed by atoms with E-state index >= 15 is 0 Å². The van der Waals surface area contributed by atoms with Crippen molar-refractivity contribution < 1.29 is 47.9 Å². The van der Waals surface area contributed by atoms with Gasteiger partial charge in [0.1, 0.15) is 6.61 Å². The van der Waals surface area contributed by atoms with Crippen molar-refractivity contribution in [2.75, 3.05) is 41.2 Å². The van der Waals surface area contributed by atoms with Crippen LogP contribution in [0.5, 0.6) is 23.0 Å². The number of esters is 2. The van der Waals surface area contributed by atoms with Crippen molar-refractivity contribution in [1.82, 2.24) is 16.1 Å². The molecule has 2 atom stereocenters. The van der Waals surface area contributed by atoms with E-state index in [0.29, 0.717) is 50.9 Å². The molecule has 43 heavy (non-hydrogen) atoms. The van der Waals surface area contributed by atoms with Crippen molar-refractivity contribution in [3.8, 4) is 23.0 Å². The topological polar surface area (TPSA) is 175 Å². The molecule has 0 saturated carbocycles. The van der Waals surface area contributed by atoms with Crippen LogP contribution in [0.15, 0.2) is 51.2 Å². The smallest absolute Gasteiger partial charge is 0.343 e. The summed E-state index contributed by atoms with van der Waals surface area (Å²) in [5, 5.41) is 19.7. The Morgan fingerprint density at radius 3 is 2.53 bits per heavy atom. The quantitative estimate of drug-likeness (QED) is 0.101. The molecule has 0 aliphatic carbocycles. The van der Waals surface area contributed by atoms with Gasteiger partial charge < -0.3 is 44.2 Å². The maximum absolute atomic E-state index is 12.4. The first-order valence-corrected chi connectivity index (χ1v) is 13.7. The number of allylic oxidation sites excluding steroid dienone is 1. The van der Waals surface area contributed by atoms with Gasteiger partial charge in [-0.05, 0) is 65.2 Å². The number of hydrogen-bond donors (Lipinski definition) is 4. The van der Waals surface area contributed by atoms with Gasteiger partial charge in [-0.1, -0.05) is 6.07 Å². The fourth-order valence-electron chi connectivity index (χ4n) is 3.96. The number of carbonyl (C=O) groups is 3. The molecule has 1 aliphatic heterocycles. The van der Waals surface area contributed by atoms with Gasteiger partial charge in [0.05, 0.1) is 50.2 Å². The van der Waals surface area contributed by atoms with E-state index in [4.69, 9.17) is 23.7 Å². The summed E-state index contributed by atoms with van der Waals surface area (Å²) in [6.07, 6.45) is 0.251. The number of nitrogens with zero attached hydrogens (tertiary/aromatic N) is 1. The van der Waals surface area contributed by atoms with Gasteiger partial charge in [-0.3, -0.25) is 5.43 Å². The highest BCUT2D eigenvalue weighted by Gasteiger charge is 2.32. The average molecular weight is 665 g/mol. The number of hydrogen-bond acceptors (Lipinski definition) is 12. The Balaban J connectivity index is 1.67. The third-order valence-corrected chi connectivity index (χ3v) is 6.51. The van der Waals surface area contributed by atoms with Crippen molar-refractivity contribution in [1.29, 1.82) is 0 Å². The molecule has 2 amide bonds. The number of ether oxygens (including phenoxy) is 6. The predicted molar refractivity (Wildman–Crippen MR) is 157 cm³/mol. The van der Waals surface area contributed by atoms with E-state index in [0.717, 1.165) is 0 Å².